The minimum atomic E-state index is -3.31. The molecule has 3 fully saturated rings. The van der Waals surface area contributed by atoms with E-state index < -0.39 is 53.4 Å². The van der Waals surface area contributed by atoms with Gasteiger partial charge in [-0.2, -0.15) is 8.78 Å². The Balaban J connectivity index is 1.43. The number of esters is 1. The number of rotatable bonds is 14. The fourth-order valence-electron chi connectivity index (χ4n) is 6.75. The van der Waals surface area contributed by atoms with E-state index in [0.717, 1.165) is 6.42 Å². The molecule has 0 N–H and O–H groups in total. The third-order valence-electron chi connectivity index (χ3n) is 10.2. The number of ether oxygens (including phenoxy) is 4. The molecule has 0 bridgehead atoms. The van der Waals surface area contributed by atoms with Crippen LogP contribution in [0.2, 0.25) is 0 Å². The molecule has 1 aliphatic carbocycles. The van der Waals surface area contributed by atoms with Crippen molar-refractivity contribution in [3.63, 3.8) is 0 Å². The van der Waals surface area contributed by atoms with E-state index in [1.54, 1.807) is 25.1 Å². The summed E-state index contributed by atoms with van der Waals surface area (Å²) in [6.07, 6.45) is 4.77. The summed E-state index contributed by atoms with van der Waals surface area (Å²) >= 11 is 0. The maximum atomic E-state index is 15.9. The summed E-state index contributed by atoms with van der Waals surface area (Å²) < 4.78 is 53.7. The highest BCUT2D eigenvalue weighted by Crippen LogP contribution is 2.44. The molecule has 5 rings (SSSR count). The van der Waals surface area contributed by atoms with E-state index in [0.29, 0.717) is 62.4 Å². The lowest BCUT2D eigenvalue weighted by molar-refractivity contribution is -0.154. The number of aldehydes is 1. The van der Waals surface area contributed by atoms with Crippen molar-refractivity contribution in [2.24, 2.45) is 23.2 Å². The largest absolute Gasteiger partial charge is 0.497 e. The van der Waals surface area contributed by atoms with Crippen LogP contribution in [0.1, 0.15) is 77.3 Å². The summed E-state index contributed by atoms with van der Waals surface area (Å²) in [5.74, 6) is -4.72. The fourth-order valence-corrected chi connectivity index (χ4v) is 6.75. The number of halogens is 2. The van der Waals surface area contributed by atoms with E-state index >= 15 is 8.78 Å². The van der Waals surface area contributed by atoms with E-state index in [1.165, 1.54) is 32.0 Å². The van der Waals surface area contributed by atoms with Crippen molar-refractivity contribution < 1.29 is 42.1 Å². The lowest BCUT2D eigenvalue weighted by Gasteiger charge is -2.41. The fraction of sp³-hybridized carbons (Fsp3) is 0.676. The zero-order valence-electron chi connectivity index (χ0n) is 27.1. The van der Waals surface area contributed by atoms with Gasteiger partial charge < -0.3 is 28.6 Å². The van der Waals surface area contributed by atoms with Crippen LogP contribution in [-0.2, 0) is 29.8 Å². The second-order valence-electron chi connectivity index (χ2n) is 13.4. The Bertz CT molecular complexity index is 1410. The third-order valence-corrected chi connectivity index (χ3v) is 10.2. The van der Waals surface area contributed by atoms with E-state index in [4.69, 9.17) is 18.9 Å². The van der Waals surface area contributed by atoms with Crippen LogP contribution < -0.4 is 9.47 Å². The number of amides is 1. The summed E-state index contributed by atoms with van der Waals surface area (Å²) in [5, 5.41) is 0. The Morgan fingerprint density at radius 2 is 1.89 bits per heavy atom. The summed E-state index contributed by atoms with van der Waals surface area (Å²) in [6.45, 7) is 4.54. The van der Waals surface area contributed by atoms with E-state index in [9.17, 15) is 14.4 Å². The van der Waals surface area contributed by atoms with Gasteiger partial charge in [0.15, 0.2) is 5.69 Å². The number of aromatic nitrogens is 2. The van der Waals surface area contributed by atoms with Gasteiger partial charge in [-0.3, -0.25) is 9.59 Å². The highest BCUT2D eigenvalue weighted by Gasteiger charge is 2.50. The summed E-state index contributed by atoms with van der Waals surface area (Å²) in [7, 11) is 2.77. The predicted octanol–water partition coefficient (Wildman–Crippen LogP) is 5.49. The van der Waals surface area contributed by atoms with Crippen LogP contribution in [0.4, 0.5) is 8.78 Å². The third kappa shape index (κ3) is 7.42. The number of alkyl halides is 2. The van der Waals surface area contributed by atoms with E-state index in [1.807, 2.05) is 6.92 Å². The molecule has 1 amide bonds. The zero-order chi connectivity index (χ0) is 33.1. The maximum Gasteiger partial charge on any atom is 0.306 e. The molecule has 10 nitrogen and oxygen atoms in total. The molecule has 46 heavy (non-hydrogen) atoms. The van der Waals surface area contributed by atoms with Gasteiger partial charge in [0.05, 0.1) is 50.2 Å². The van der Waals surface area contributed by atoms with Crippen molar-refractivity contribution >= 4 is 29.2 Å². The molecule has 2 aromatic rings. The monoisotopic (exact) mass is 645 g/mol. The minimum absolute atomic E-state index is 0.0438. The van der Waals surface area contributed by atoms with Crippen LogP contribution in [0.3, 0.4) is 0 Å². The van der Waals surface area contributed by atoms with Gasteiger partial charge in [-0.05, 0) is 42.7 Å². The summed E-state index contributed by atoms with van der Waals surface area (Å²) in [4.78, 5) is 49.3. The molecule has 3 aliphatic rings. The lowest BCUT2D eigenvalue weighted by atomic mass is 9.69. The Labute approximate surface area is 268 Å². The van der Waals surface area contributed by atoms with Gasteiger partial charge in [0.1, 0.15) is 18.1 Å². The number of hydrogen-bond donors (Lipinski definition) is 0. The second-order valence-corrected chi connectivity index (χ2v) is 13.4. The van der Waals surface area contributed by atoms with Crippen molar-refractivity contribution in [3.05, 3.63) is 23.9 Å². The number of unbranched alkanes of at least 4 members (excludes halogenated alkanes) is 1. The van der Waals surface area contributed by atoms with Crippen LogP contribution >= 0.6 is 0 Å². The number of nitrogens with zero attached hydrogens (tertiary/aromatic N) is 3. The molecule has 1 saturated carbocycles. The van der Waals surface area contributed by atoms with E-state index in [2.05, 4.69) is 9.97 Å². The molecule has 0 spiro atoms. The highest BCUT2D eigenvalue weighted by atomic mass is 19.3. The van der Waals surface area contributed by atoms with Gasteiger partial charge in [0.25, 0.3) is 5.92 Å². The Hall–Kier alpha value is -3.41. The molecule has 4 atom stereocenters. The van der Waals surface area contributed by atoms with Crippen LogP contribution in [0, 0.1) is 23.2 Å². The number of likely N-dealkylation sites (tertiary alicyclic amines) is 1. The first-order valence-electron chi connectivity index (χ1n) is 16.3. The lowest BCUT2D eigenvalue weighted by Crippen LogP contribution is -2.49. The normalized spacial score (nSPS) is 23.6. The number of carbonyl (C=O) groups excluding carboxylic acids is 3. The van der Waals surface area contributed by atoms with Gasteiger partial charge in [-0.25, -0.2) is 9.97 Å². The molecule has 1 aromatic heterocycles. The van der Waals surface area contributed by atoms with Crippen molar-refractivity contribution in [1.82, 2.24) is 14.9 Å². The number of fused-ring (bicyclic) bond motifs is 1. The number of benzene rings is 1. The van der Waals surface area contributed by atoms with Crippen LogP contribution in [0.25, 0.3) is 11.0 Å². The summed E-state index contributed by atoms with van der Waals surface area (Å²) in [5.41, 5.74) is -0.525. The molecule has 2 saturated heterocycles. The van der Waals surface area contributed by atoms with Crippen LogP contribution in [-0.4, -0.2) is 79.2 Å². The van der Waals surface area contributed by atoms with E-state index in [-0.39, 0.29) is 30.3 Å². The zero-order valence-corrected chi connectivity index (χ0v) is 27.1. The number of methoxy groups -OCH3 is 2. The molecule has 0 radical (unpaired) electrons. The number of carbonyl (C=O) groups is 3. The van der Waals surface area contributed by atoms with Crippen LogP contribution in [0.15, 0.2) is 18.2 Å². The predicted molar refractivity (Wildman–Crippen MR) is 165 cm³/mol. The molecular weight excluding hydrogens is 600 g/mol. The topological polar surface area (TPSA) is 117 Å². The van der Waals surface area contributed by atoms with Crippen molar-refractivity contribution in [2.45, 2.75) is 89.7 Å². The van der Waals surface area contributed by atoms with Gasteiger partial charge in [0.2, 0.25) is 11.8 Å². The van der Waals surface area contributed by atoms with Gasteiger partial charge >= 0.3 is 5.97 Å². The molecular formula is C34H45F2N3O7. The molecule has 12 heteroatoms. The van der Waals surface area contributed by atoms with Crippen molar-refractivity contribution in [3.8, 4) is 11.6 Å². The van der Waals surface area contributed by atoms with Gasteiger partial charge in [0, 0.05) is 31.6 Å². The quantitative estimate of drug-likeness (QED) is 0.149. The molecule has 252 valence electrons. The first-order valence-corrected chi connectivity index (χ1v) is 16.3. The average molecular weight is 646 g/mol. The molecule has 3 heterocycles. The van der Waals surface area contributed by atoms with Crippen molar-refractivity contribution in [2.75, 3.05) is 34.0 Å². The van der Waals surface area contributed by atoms with Crippen LogP contribution in [0.5, 0.6) is 11.6 Å². The first-order chi connectivity index (χ1) is 22.0. The maximum absolute atomic E-state index is 15.9. The minimum Gasteiger partial charge on any atom is -0.497 e. The van der Waals surface area contributed by atoms with Gasteiger partial charge in [-0.1, -0.05) is 39.5 Å². The Kier molecular flexibility index (Phi) is 10.4. The molecule has 1 aromatic carbocycles. The first kappa shape index (κ1) is 33.9. The van der Waals surface area contributed by atoms with Gasteiger partial charge in [-0.15, -0.1) is 0 Å². The standard InChI is InChI=1S/C34H45F2N3O7/c1-21-27(20-40)39(32(42)24(18-29(41)44-4)33(2)13-15-45-16-14-33)19-28(21)46-31-30(34(35,36)12-6-5-7-22-8-9-22)37-25-11-10-23(43-3)17-26(25)38-31/h10-11,17,20-22,24,27-28H,5-9,12-16,18-19H2,1-4H3/t21-,24+,27+,28-/m0/s1. The highest BCUT2D eigenvalue weighted by molar-refractivity contribution is 5.87. The molecule has 2 aliphatic heterocycles. The Morgan fingerprint density at radius 1 is 1.15 bits per heavy atom. The van der Waals surface area contributed by atoms with Crippen molar-refractivity contribution in [1.29, 1.82) is 0 Å². The summed E-state index contributed by atoms with van der Waals surface area (Å²) in [6, 6.07) is 3.93. The SMILES string of the molecule is COC(=O)C[C@H](C(=O)N1C[C@H](Oc2nc3cc(OC)ccc3nc2C(F)(F)CCCCC2CC2)[C@@H](C)[C@H]1C=O)C1(C)CCOCC1. The number of hydrogen-bond acceptors (Lipinski definition) is 9. The Morgan fingerprint density at radius 3 is 2.54 bits per heavy atom. The second kappa shape index (κ2) is 14.1. The average Bonchev–Trinajstić information content (AvgIpc) is 3.83. The smallest absolute Gasteiger partial charge is 0.306 e. The molecule has 0 unspecified atom stereocenters.